The standard InChI is InChI=1S/C12H12NO/c1-9(2)12-13-11(8-14-12)10-6-4-3-5-7-10/h3-6,8-9H,1-2H3. The van der Waals surface area contributed by atoms with E-state index in [9.17, 15) is 0 Å². The maximum atomic E-state index is 5.35. The Balaban J connectivity index is 2.34. The average molecular weight is 186 g/mol. The Hall–Kier alpha value is -1.57. The van der Waals surface area contributed by atoms with Gasteiger partial charge in [0.25, 0.3) is 0 Å². The molecule has 0 spiro atoms. The molecule has 0 amide bonds. The maximum Gasteiger partial charge on any atom is 0.197 e. The molecule has 0 saturated carbocycles. The summed E-state index contributed by atoms with van der Waals surface area (Å²) in [7, 11) is 0. The van der Waals surface area contributed by atoms with E-state index in [0.717, 1.165) is 17.1 Å². The molecule has 0 aliphatic carbocycles. The highest BCUT2D eigenvalue weighted by Gasteiger charge is 2.08. The number of oxazole rings is 1. The van der Waals surface area contributed by atoms with Crippen LogP contribution in [0.25, 0.3) is 11.3 Å². The van der Waals surface area contributed by atoms with Gasteiger partial charge in [-0.2, -0.15) is 0 Å². The van der Waals surface area contributed by atoms with Crippen LogP contribution in [0.2, 0.25) is 0 Å². The topological polar surface area (TPSA) is 26.0 Å². The molecular weight excluding hydrogens is 174 g/mol. The lowest BCUT2D eigenvalue weighted by Gasteiger charge is -1.95. The first-order valence-electron chi connectivity index (χ1n) is 4.70. The number of nitrogens with zero attached hydrogens (tertiary/aromatic N) is 1. The van der Waals surface area contributed by atoms with Crippen LogP contribution in [0, 0.1) is 6.07 Å². The predicted octanol–water partition coefficient (Wildman–Crippen LogP) is 3.27. The van der Waals surface area contributed by atoms with Crippen molar-refractivity contribution in [2.75, 3.05) is 0 Å². The Kier molecular flexibility index (Phi) is 2.35. The number of hydrogen-bond donors (Lipinski definition) is 0. The second kappa shape index (κ2) is 3.66. The van der Waals surface area contributed by atoms with Gasteiger partial charge in [0.1, 0.15) is 12.0 Å². The molecule has 0 aliphatic rings. The predicted molar refractivity (Wildman–Crippen MR) is 54.9 cm³/mol. The van der Waals surface area contributed by atoms with Gasteiger partial charge < -0.3 is 4.42 Å². The van der Waals surface area contributed by atoms with Crippen LogP contribution in [0.15, 0.2) is 34.9 Å². The summed E-state index contributed by atoms with van der Waals surface area (Å²) in [5.74, 6) is 1.10. The van der Waals surface area contributed by atoms with Crippen molar-refractivity contribution in [2.24, 2.45) is 0 Å². The average Bonchev–Trinajstić information content (AvgIpc) is 2.68. The van der Waals surface area contributed by atoms with E-state index in [1.54, 1.807) is 6.26 Å². The molecule has 0 unspecified atom stereocenters. The molecule has 0 saturated heterocycles. The fraction of sp³-hybridized carbons (Fsp3) is 0.250. The SMILES string of the molecule is CC(C)c1nc(-c2[c]cccc2)co1. The molecule has 2 rings (SSSR count). The molecule has 0 fully saturated rings. The number of benzene rings is 1. The molecular formula is C12H12NO. The van der Waals surface area contributed by atoms with Crippen LogP contribution < -0.4 is 0 Å². The van der Waals surface area contributed by atoms with Crippen molar-refractivity contribution in [3.63, 3.8) is 0 Å². The lowest BCUT2D eigenvalue weighted by molar-refractivity contribution is 0.471. The minimum absolute atomic E-state index is 0.326. The Morgan fingerprint density at radius 2 is 2.21 bits per heavy atom. The minimum atomic E-state index is 0.326. The summed E-state index contributed by atoms with van der Waals surface area (Å²) >= 11 is 0. The highest BCUT2D eigenvalue weighted by Crippen LogP contribution is 2.21. The summed E-state index contributed by atoms with van der Waals surface area (Å²) in [6, 6.07) is 10.9. The van der Waals surface area contributed by atoms with E-state index in [1.807, 2.05) is 24.3 Å². The van der Waals surface area contributed by atoms with Crippen LogP contribution in [0.4, 0.5) is 0 Å². The molecule has 2 heteroatoms. The van der Waals surface area contributed by atoms with Crippen molar-refractivity contribution in [2.45, 2.75) is 19.8 Å². The smallest absolute Gasteiger partial charge is 0.197 e. The summed E-state index contributed by atoms with van der Waals surface area (Å²) in [4.78, 5) is 4.38. The van der Waals surface area contributed by atoms with E-state index < -0.39 is 0 Å². The molecule has 0 aliphatic heterocycles. The van der Waals surface area contributed by atoms with Gasteiger partial charge in [-0.15, -0.1) is 0 Å². The molecule has 1 aromatic heterocycles. The molecule has 1 heterocycles. The normalized spacial score (nSPS) is 10.8. The lowest BCUT2D eigenvalue weighted by atomic mass is 10.2. The Morgan fingerprint density at radius 1 is 1.36 bits per heavy atom. The number of aromatic nitrogens is 1. The van der Waals surface area contributed by atoms with E-state index in [0.29, 0.717) is 5.92 Å². The van der Waals surface area contributed by atoms with Gasteiger partial charge in [-0.1, -0.05) is 38.1 Å². The van der Waals surface area contributed by atoms with Crippen LogP contribution >= 0.6 is 0 Å². The Morgan fingerprint density at radius 3 is 2.79 bits per heavy atom. The molecule has 71 valence electrons. The van der Waals surface area contributed by atoms with E-state index in [-0.39, 0.29) is 0 Å². The van der Waals surface area contributed by atoms with Gasteiger partial charge in [0.05, 0.1) is 0 Å². The van der Waals surface area contributed by atoms with E-state index in [1.165, 1.54) is 0 Å². The number of hydrogen-bond acceptors (Lipinski definition) is 2. The molecule has 1 aromatic carbocycles. The fourth-order valence-electron chi connectivity index (χ4n) is 1.23. The van der Waals surface area contributed by atoms with Crippen molar-refractivity contribution in [1.29, 1.82) is 0 Å². The summed E-state index contributed by atoms with van der Waals surface area (Å²) in [5, 5.41) is 0. The van der Waals surface area contributed by atoms with Crippen LogP contribution in [0.5, 0.6) is 0 Å². The van der Waals surface area contributed by atoms with Crippen molar-refractivity contribution in [1.82, 2.24) is 4.98 Å². The van der Waals surface area contributed by atoms with E-state index in [4.69, 9.17) is 4.42 Å². The van der Waals surface area contributed by atoms with Gasteiger partial charge in [-0.3, -0.25) is 0 Å². The molecule has 0 atom stereocenters. The monoisotopic (exact) mass is 186 g/mol. The summed E-state index contributed by atoms with van der Waals surface area (Å²) in [6.07, 6.45) is 1.68. The van der Waals surface area contributed by atoms with Gasteiger partial charge >= 0.3 is 0 Å². The second-order valence-electron chi connectivity index (χ2n) is 3.50. The summed E-state index contributed by atoms with van der Waals surface area (Å²) in [5.41, 5.74) is 1.83. The molecule has 0 bridgehead atoms. The van der Waals surface area contributed by atoms with Crippen LogP contribution in [-0.2, 0) is 0 Å². The van der Waals surface area contributed by atoms with E-state index >= 15 is 0 Å². The molecule has 2 aromatic rings. The van der Waals surface area contributed by atoms with Crippen LogP contribution in [-0.4, -0.2) is 4.98 Å². The number of rotatable bonds is 2. The van der Waals surface area contributed by atoms with Crippen LogP contribution in [0.3, 0.4) is 0 Å². The highest BCUT2D eigenvalue weighted by molar-refractivity contribution is 5.56. The van der Waals surface area contributed by atoms with Gasteiger partial charge in [0.15, 0.2) is 5.89 Å². The van der Waals surface area contributed by atoms with E-state index in [2.05, 4.69) is 24.9 Å². The second-order valence-corrected chi connectivity index (χ2v) is 3.50. The largest absolute Gasteiger partial charge is 0.448 e. The zero-order valence-corrected chi connectivity index (χ0v) is 8.32. The van der Waals surface area contributed by atoms with Gasteiger partial charge in [0, 0.05) is 11.5 Å². The molecule has 1 radical (unpaired) electrons. The summed E-state index contributed by atoms with van der Waals surface area (Å²) in [6.45, 7) is 4.12. The first-order chi connectivity index (χ1) is 6.77. The van der Waals surface area contributed by atoms with Gasteiger partial charge in [0.2, 0.25) is 0 Å². The van der Waals surface area contributed by atoms with Gasteiger partial charge in [-0.25, -0.2) is 4.98 Å². The maximum absolute atomic E-state index is 5.35. The molecule has 14 heavy (non-hydrogen) atoms. The molecule has 2 nitrogen and oxygen atoms in total. The Labute approximate surface area is 83.6 Å². The van der Waals surface area contributed by atoms with Gasteiger partial charge in [-0.05, 0) is 6.07 Å². The zero-order chi connectivity index (χ0) is 9.97. The quantitative estimate of drug-likeness (QED) is 0.719. The minimum Gasteiger partial charge on any atom is -0.448 e. The van der Waals surface area contributed by atoms with Crippen molar-refractivity contribution in [3.8, 4) is 11.3 Å². The third-order valence-electron chi connectivity index (χ3n) is 2.00. The van der Waals surface area contributed by atoms with Crippen molar-refractivity contribution < 1.29 is 4.42 Å². The van der Waals surface area contributed by atoms with Crippen LogP contribution in [0.1, 0.15) is 25.7 Å². The summed E-state index contributed by atoms with van der Waals surface area (Å²) < 4.78 is 5.35. The third kappa shape index (κ3) is 1.69. The Bertz CT molecular complexity index is 403. The van der Waals surface area contributed by atoms with Crippen molar-refractivity contribution >= 4 is 0 Å². The lowest BCUT2D eigenvalue weighted by Crippen LogP contribution is -1.86. The first kappa shape index (κ1) is 9.00. The van der Waals surface area contributed by atoms with Crippen molar-refractivity contribution in [3.05, 3.63) is 42.5 Å². The fourth-order valence-corrected chi connectivity index (χ4v) is 1.23. The third-order valence-corrected chi connectivity index (χ3v) is 2.00. The highest BCUT2D eigenvalue weighted by atomic mass is 16.3. The zero-order valence-electron chi connectivity index (χ0n) is 8.32. The molecule has 0 N–H and O–H groups in total. The first-order valence-corrected chi connectivity index (χ1v) is 4.70.